The Hall–Kier alpha value is -2.98. The van der Waals surface area contributed by atoms with E-state index in [1.54, 1.807) is 6.07 Å². The normalized spacial score (nSPS) is 11.6. The van der Waals surface area contributed by atoms with Crippen LogP contribution in [0.3, 0.4) is 0 Å². The molecule has 54 heavy (non-hydrogen) atoms. The van der Waals surface area contributed by atoms with Crippen LogP contribution in [-0.2, 0) is 9.47 Å². The topological polar surface area (TPSA) is 52.6 Å². The molecule has 0 saturated heterocycles. The molecule has 298 valence electrons. The highest BCUT2D eigenvalue weighted by atomic mass is 32.1. The Morgan fingerprint density at radius 3 is 1.31 bits per heavy atom. The van der Waals surface area contributed by atoms with Crippen LogP contribution >= 0.6 is 22.7 Å². The molecule has 0 amide bonds. The Balaban J connectivity index is 1.55. The van der Waals surface area contributed by atoms with Crippen molar-refractivity contribution in [2.24, 2.45) is 0 Å². The van der Waals surface area contributed by atoms with Crippen molar-refractivity contribution in [1.82, 2.24) is 0 Å². The third-order valence-electron chi connectivity index (χ3n) is 10.2. The van der Waals surface area contributed by atoms with Gasteiger partial charge in [0.15, 0.2) is 23.3 Å². The molecule has 0 spiro atoms. The van der Waals surface area contributed by atoms with Crippen molar-refractivity contribution in [3.63, 3.8) is 0 Å². The number of thiophene rings is 2. The summed E-state index contributed by atoms with van der Waals surface area (Å²) >= 11 is 2.11. The maximum Gasteiger partial charge on any atom is 0.340 e. The van der Waals surface area contributed by atoms with Crippen LogP contribution in [0.4, 0.5) is 17.6 Å². The van der Waals surface area contributed by atoms with Crippen molar-refractivity contribution in [2.75, 3.05) is 13.2 Å². The number of fused-ring (bicyclic) bond motifs is 2. The number of hydrogen-bond acceptors (Lipinski definition) is 6. The van der Waals surface area contributed by atoms with Gasteiger partial charge in [-0.2, -0.15) is 0 Å². The van der Waals surface area contributed by atoms with Crippen molar-refractivity contribution < 1.29 is 36.6 Å². The summed E-state index contributed by atoms with van der Waals surface area (Å²) in [4.78, 5) is 28.4. The largest absolute Gasteiger partial charge is 0.462 e. The molecule has 2 aromatic carbocycles. The van der Waals surface area contributed by atoms with Crippen molar-refractivity contribution in [1.29, 1.82) is 0 Å². The molecule has 4 aromatic rings. The van der Waals surface area contributed by atoms with Crippen LogP contribution in [0.1, 0.15) is 173 Å². The average Bonchev–Trinajstić information content (AvgIpc) is 3.75. The predicted molar refractivity (Wildman–Crippen MR) is 216 cm³/mol. The number of rotatable bonds is 25. The van der Waals surface area contributed by atoms with E-state index in [2.05, 4.69) is 13.8 Å². The average molecular weight is 791 g/mol. The fourth-order valence-corrected chi connectivity index (χ4v) is 9.34. The van der Waals surface area contributed by atoms with Gasteiger partial charge in [-0.3, -0.25) is 0 Å². The van der Waals surface area contributed by atoms with E-state index >= 15 is 8.78 Å². The predicted octanol–water partition coefficient (Wildman–Crippen LogP) is 15.1. The first-order valence-electron chi connectivity index (χ1n) is 20.3. The summed E-state index contributed by atoms with van der Waals surface area (Å²) in [5.41, 5.74) is -1.33. The van der Waals surface area contributed by atoms with E-state index in [9.17, 15) is 18.4 Å². The zero-order valence-electron chi connectivity index (χ0n) is 32.7. The summed E-state index contributed by atoms with van der Waals surface area (Å²) in [6, 6.07) is 3.13. The molecule has 10 heteroatoms. The molecule has 0 fully saturated rings. The van der Waals surface area contributed by atoms with Crippen molar-refractivity contribution >= 4 is 54.8 Å². The Morgan fingerprint density at radius 2 is 0.889 bits per heavy atom. The highest BCUT2D eigenvalue weighted by molar-refractivity contribution is 7.23. The fraction of sp³-hybridized carbons (Fsp3) is 0.591. The number of halogens is 4. The van der Waals surface area contributed by atoms with Gasteiger partial charge in [0.25, 0.3) is 0 Å². The zero-order valence-corrected chi connectivity index (χ0v) is 34.3. The van der Waals surface area contributed by atoms with Gasteiger partial charge >= 0.3 is 11.9 Å². The highest BCUT2D eigenvalue weighted by Gasteiger charge is 2.31. The van der Waals surface area contributed by atoms with E-state index in [0.29, 0.717) is 22.9 Å². The van der Waals surface area contributed by atoms with E-state index in [-0.39, 0.29) is 39.3 Å². The molecule has 0 aliphatic rings. The molecular formula is C44H58F4O4S2. The molecular weight excluding hydrogens is 733 g/mol. The van der Waals surface area contributed by atoms with E-state index in [1.807, 2.05) is 6.92 Å². The second kappa shape index (κ2) is 22.5. The smallest absolute Gasteiger partial charge is 0.340 e. The Bertz CT molecular complexity index is 1710. The van der Waals surface area contributed by atoms with E-state index in [1.165, 1.54) is 94.5 Å². The van der Waals surface area contributed by atoms with Gasteiger partial charge in [0.05, 0.1) is 39.3 Å². The van der Waals surface area contributed by atoms with E-state index in [0.717, 1.165) is 61.7 Å². The van der Waals surface area contributed by atoms with Crippen LogP contribution < -0.4 is 0 Å². The Kier molecular flexibility index (Phi) is 18.3. The number of carbonyl (C=O) groups is 2. The molecule has 0 N–H and O–H groups in total. The SMILES string of the molecule is CCCCCCCCCCCCOC(=O)c1c2cc(-c3c(F)c(F)c(C)c(F)c3F)sc2c(C(=O)OCCCCCCCCCCCC)c2cc(C)sc12. The van der Waals surface area contributed by atoms with Crippen LogP contribution in [-0.4, -0.2) is 25.2 Å². The van der Waals surface area contributed by atoms with Crippen LogP contribution in [0.15, 0.2) is 12.1 Å². The number of ether oxygens (including phenoxy) is 2. The lowest BCUT2D eigenvalue weighted by Gasteiger charge is -2.11. The first-order valence-corrected chi connectivity index (χ1v) is 21.9. The monoisotopic (exact) mass is 790 g/mol. The second-order valence-electron chi connectivity index (χ2n) is 14.6. The van der Waals surface area contributed by atoms with Crippen LogP contribution in [0.5, 0.6) is 0 Å². The third kappa shape index (κ3) is 11.5. The molecule has 0 unspecified atom stereocenters. The van der Waals surface area contributed by atoms with Crippen molar-refractivity contribution in [3.05, 3.63) is 57.0 Å². The standard InChI is InChI=1S/C44H58F4O4S2/c1-5-7-9-11-13-15-17-19-21-23-25-51-43(49)34-31-27-29(3)53-41(31)35(44(50)52-26-24-22-20-18-16-14-12-10-8-6-2)32-28-33(54-42(32)34)36-39(47)37(45)30(4)38(46)40(36)48/h27-28H,5-26H2,1-4H3. The summed E-state index contributed by atoms with van der Waals surface area (Å²) < 4.78 is 72.4. The first kappa shape index (κ1) is 43.7. The van der Waals surface area contributed by atoms with Gasteiger partial charge in [-0.25, -0.2) is 27.2 Å². The molecule has 0 bridgehead atoms. The fourth-order valence-electron chi connectivity index (χ4n) is 7.03. The molecule has 4 nitrogen and oxygen atoms in total. The van der Waals surface area contributed by atoms with Crippen molar-refractivity contribution in [2.45, 2.75) is 156 Å². The second-order valence-corrected chi connectivity index (χ2v) is 16.9. The van der Waals surface area contributed by atoms with Gasteiger partial charge in [-0.1, -0.05) is 129 Å². The van der Waals surface area contributed by atoms with Crippen LogP contribution in [0, 0.1) is 37.1 Å². The van der Waals surface area contributed by atoms with Crippen LogP contribution in [0.2, 0.25) is 0 Å². The Morgan fingerprint density at radius 1 is 0.519 bits per heavy atom. The van der Waals surface area contributed by atoms with Crippen LogP contribution in [0.25, 0.3) is 30.6 Å². The van der Waals surface area contributed by atoms with E-state index in [4.69, 9.17) is 9.47 Å². The number of esters is 2. The summed E-state index contributed by atoms with van der Waals surface area (Å²) in [6.07, 6.45) is 22.6. The summed E-state index contributed by atoms with van der Waals surface area (Å²) in [5.74, 6) is -7.31. The lowest BCUT2D eigenvalue weighted by molar-refractivity contribution is 0.0490. The first-order chi connectivity index (χ1) is 26.1. The number of carbonyl (C=O) groups excluding carboxylic acids is 2. The Labute approximate surface area is 327 Å². The van der Waals surface area contributed by atoms with Gasteiger partial charge < -0.3 is 9.47 Å². The zero-order chi connectivity index (χ0) is 39.0. The number of aryl methyl sites for hydroxylation is 1. The van der Waals surface area contributed by atoms with Gasteiger partial charge in [0.1, 0.15) is 0 Å². The molecule has 0 aliphatic heterocycles. The van der Waals surface area contributed by atoms with Gasteiger partial charge in [0, 0.05) is 26.1 Å². The number of hydrogen-bond donors (Lipinski definition) is 0. The summed E-state index contributed by atoms with van der Waals surface area (Å²) in [7, 11) is 0. The summed E-state index contributed by atoms with van der Waals surface area (Å²) in [6.45, 7) is 7.64. The molecule has 2 heterocycles. The van der Waals surface area contributed by atoms with E-state index < -0.39 is 46.3 Å². The lowest BCUT2D eigenvalue weighted by Crippen LogP contribution is -2.11. The maximum atomic E-state index is 15.3. The lowest BCUT2D eigenvalue weighted by atomic mass is 10.0. The third-order valence-corrected chi connectivity index (χ3v) is 12.4. The van der Waals surface area contributed by atoms with Gasteiger partial charge in [-0.15, -0.1) is 22.7 Å². The molecule has 0 atom stereocenters. The quantitative estimate of drug-likeness (QED) is 0.0290. The number of benzene rings is 2. The van der Waals surface area contributed by atoms with Crippen molar-refractivity contribution in [3.8, 4) is 10.4 Å². The maximum absolute atomic E-state index is 15.3. The summed E-state index contributed by atoms with van der Waals surface area (Å²) in [5, 5.41) is 0.697. The molecule has 0 aliphatic carbocycles. The number of unbranched alkanes of at least 4 members (excludes halogenated alkanes) is 18. The minimum absolute atomic E-state index is 0.153. The molecule has 2 aromatic heterocycles. The van der Waals surface area contributed by atoms with Gasteiger partial charge in [-0.05, 0) is 38.8 Å². The van der Waals surface area contributed by atoms with Gasteiger partial charge in [0.2, 0.25) is 0 Å². The molecule has 0 saturated carbocycles. The highest BCUT2D eigenvalue weighted by Crippen LogP contribution is 2.46. The minimum atomic E-state index is -1.54. The minimum Gasteiger partial charge on any atom is -0.462 e. The molecule has 0 radical (unpaired) electrons. The molecule has 4 rings (SSSR count).